The zero-order valence-corrected chi connectivity index (χ0v) is 12.1. The Kier molecular flexibility index (Phi) is 4.02. The van der Waals surface area contributed by atoms with Crippen LogP contribution in [0.2, 0.25) is 0 Å². The van der Waals surface area contributed by atoms with Gasteiger partial charge in [0.25, 0.3) is 5.91 Å². The first-order valence-corrected chi connectivity index (χ1v) is 7.08. The molecule has 2 rings (SSSR count). The van der Waals surface area contributed by atoms with Crippen LogP contribution in [-0.4, -0.2) is 29.2 Å². The van der Waals surface area contributed by atoms with Gasteiger partial charge in [-0.05, 0) is 23.8 Å². The van der Waals surface area contributed by atoms with Crippen molar-refractivity contribution in [2.45, 2.75) is 13.0 Å². The standard InChI is InChI=1S/C15H16BrNO/c1-11(10-16)17(2)15(18)14-9-5-7-12-6-3-4-8-13(12)14/h3-9,11H,10H2,1-2H3. The molecule has 0 saturated carbocycles. The van der Waals surface area contributed by atoms with Crippen LogP contribution in [0.15, 0.2) is 42.5 Å². The van der Waals surface area contributed by atoms with E-state index in [1.54, 1.807) is 4.90 Å². The van der Waals surface area contributed by atoms with Crippen molar-refractivity contribution in [2.24, 2.45) is 0 Å². The van der Waals surface area contributed by atoms with Crippen LogP contribution < -0.4 is 0 Å². The molecule has 94 valence electrons. The van der Waals surface area contributed by atoms with Crippen molar-refractivity contribution in [1.29, 1.82) is 0 Å². The summed E-state index contributed by atoms with van der Waals surface area (Å²) in [6, 6.07) is 14.0. The lowest BCUT2D eigenvalue weighted by molar-refractivity contribution is 0.0760. The van der Waals surface area contributed by atoms with Crippen LogP contribution in [0.4, 0.5) is 0 Å². The molecule has 0 aliphatic heterocycles. The molecule has 0 heterocycles. The van der Waals surface area contributed by atoms with E-state index in [2.05, 4.69) is 15.9 Å². The van der Waals surface area contributed by atoms with Gasteiger partial charge in [-0.1, -0.05) is 52.3 Å². The van der Waals surface area contributed by atoms with Crippen LogP contribution in [0.5, 0.6) is 0 Å². The number of amides is 1. The van der Waals surface area contributed by atoms with E-state index in [0.717, 1.165) is 21.7 Å². The minimum atomic E-state index is 0.0683. The summed E-state index contributed by atoms with van der Waals surface area (Å²) in [7, 11) is 1.84. The number of benzene rings is 2. The Morgan fingerprint density at radius 2 is 1.89 bits per heavy atom. The molecule has 0 bridgehead atoms. The molecule has 2 aromatic rings. The number of fused-ring (bicyclic) bond motifs is 1. The first-order valence-electron chi connectivity index (χ1n) is 5.96. The van der Waals surface area contributed by atoms with Crippen LogP contribution in [-0.2, 0) is 0 Å². The normalized spacial score (nSPS) is 12.4. The fraction of sp³-hybridized carbons (Fsp3) is 0.267. The van der Waals surface area contributed by atoms with Gasteiger partial charge in [-0.15, -0.1) is 0 Å². The average Bonchev–Trinajstić information content (AvgIpc) is 2.44. The molecule has 1 amide bonds. The van der Waals surface area contributed by atoms with Gasteiger partial charge in [0.05, 0.1) is 0 Å². The van der Waals surface area contributed by atoms with Gasteiger partial charge in [-0.2, -0.15) is 0 Å². The number of hydrogen-bond donors (Lipinski definition) is 0. The SMILES string of the molecule is CC(CBr)N(C)C(=O)c1cccc2ccccc12. The van der Waals surface area contributed by atoms with Gasteiger partial charge in [-0.25, -0.2) is 0 Å². The van der Waals surface area contributed by atoms with Gasteiger partial charge in [-0.3, -0.25) is 4.79 Å². The number of carbonyl (C=O) groups excluding carboxylic acids is 1. The predicted molar refractivity (Wildman–Crippen MR) is 79.3 cm³/mol. The van der Waals surface area contributed by atoms with Crippen LogP contribution in [0, 0.1) is 0 Å². The Balaban J connectivity index is 2.45. The zero-order valence-electron chi connectivity index (χ0n) is 10.6. The molecule has 0 fully saturated rings. The van der Waals surface area contributed by atoms with Crippen molar-refractivity contribution in [2.75, 3.05) is 12.4 Å². The van der Waals surface area contributed by atoms with Gasteiger partial charge in [0.1, 0.15) is 0 Å². The summed E-state index contributed by atoms with van der Waals surface area (Å²) in [4.78, 5) is 14.2. The molecule has 3 heteroatoms. The van der Waals surface area contributed by atoms with Gasteiger partial charge in [0, 0.05) is 24.0 Å². The Morgan fingerprint density at radius 1 is 1.22 bits per heavy atom. The third kappa shape index (κ3) is 2.41. The lowest BCUT2D eigenvalue weighted by Crippen LogP contribution is -2.36. The largest absolute Gasteiger partial charge is 0.338 e. The summed E-state index contributed by atoms with van der Waals surface area (Å²) < 4.78 is 0. The summed E-state index contributed by atoms with van der Waals surface area (Å²) >= 11 is 3.41. The van der Waals surface area contributed by atoms with Crippen LogP contribution >= 0.6 is 15.9 Å². The van der Waals surface area contributed by atoms with E-state index in [0.29, 0.717) is 0 Å². The molecule has 2 nitrogen and oxygen atoms in total. The lowest BCUT2D eigenvalue weighted by Gasteiger charge is -2.23. The Morgan fingerprint density at radius 3 is 2.61 bits per heavy atom. The molecule has 18 heavy (non-hydrogen) atoms. The van der Waals surface area contributed by atoms with Crippen molar-refractivity contribution >= 4 is 32.6 Å². The van der Waals surface area contributed by atoms with Gasteiger partial charge in [0.2, 0.25) is 0 Å². The zero-order chi connectivity index (χ0) is 13.1. The van der Waals surface area contributed by atoms with Crippen LogP contribution in [0.3, 0.4) is 0 Å². The maximum Gasteiger partial charge on any atom is 0.254 e. The first kappa shape index (κ1) is 13.1. The third-order valence-corrected chi connectivity index (χ3v) is 4.16. The van der Waals surface area contributed by atoms with E-state index in [1.807, 2.05) is 56.4 Å². The minimum Gasteiger partial charge on any atom is -0.338 e. The molecule has 1 unspecified atom stereocenters. The van der Waals surface area contributed by atoms with Gasteiger partial charge >= 0.3 is 0 Å². The Hall–Kier alpha value is -1.35. The Labute approximate surface area is 116 Å². The maximum atomic E-state index is 12.5. The summed E-state index contributed by atoms with van der Waals surface area (Å²) in [6.07, 6.45) is 0. The molecular weight excluding hydrogens is 290 g/mol. The summed E-state index contributed by atoms with van der Waals surface area (Å²) in [5.74, 6) is 0.0683. The second-order valence-electron chi connectivity index (χ2n) is 4.45. The van der Waals surface area contributed by atoms with E-state index in [4.69, 9.17) is 0 Å². The molecule has 0 saturated heterocycles. The molecule has 0 radical (unpaired) electrons. The number of nitrogens with zero attached hydrogens (tertiary/aromatic N) is 1. The van der Waals surface area contributed by atoms with Crippen molar-refractivity contribution in [3.8, 4) is 0 Å². The van der Waals surface area contributed by atoms with E-state index in [1.165, 1.54) is 0 Å². The highest BCUT2D eigenvalue weighted by molar-refractivity contribution is 9.09. The molecule has 0 aliphatic rings. The number of hydrogen-bond acceptors (Lipinski definition) is 1. The molecule has 1 atom stereocenters. The molecule has 2 aromatic carbocycles. The summed E-state index contributed by atoms with van der Waals surface area (Å²) in [5, 5.41) is 2.89. The summed E-state index contributed by atoms with van der Waals surface area (Å²) in [5.41, 5.74) is 0.767. The third-order valence-electron chi connectivity index (χ3n) is 3.22. The monoisotopic (exact) mass is 305 g/mol. The van der Waals surface area contributed by atoms with E-state index >= 15 is 0 Å². The quantitative estimate of drug-likeness (QED) is 0.792. The van der Waals surface area contributed by atoms with Gasteiger partial charge < -0.3 is 4.90 Å². The summed E-state index contributed by atoms with van der Waals surface area (Å²) in [6.45, 7) is 2.03. The second-order valence-corrected chi connectivity index (χ2v) is 5.09. The highest BCUT2D eigenvalue weighted by atomic mass is 79.9. The lowest BCUT2D eigenvalue weighted by atomic mass is 10.0. The van der Waals surface area contributed by atoms with E-state index in [9.17, 15) is 4.79 Å². The minimum absolute atomic E-state index is 0.0683. The number of halogens is 1. The smallest absolute Gasteiger partial charge is 0.254 e. The molecule has 0 aromatic heterocycles. The second kappa shape index (κ2) is 5.53. The molecule has 0 spiro atoms. The fourth-order valence-electron chi connectivity index (χ4n) is 1.91. The predicted octanol–water partition coefficient (Wildman–Crippen LogP) is 3.70. The van der Waals surface area contributed by atoms with Crippen LogP contribution in [0.1, 0.15) is 17.3 Å². The average molecular weight is 306 g/mol. The van der Waals surface area contributed by atoms with E-state index < -0.39 is 0 Å². The number of alkyl halides is 1. The van der Waals surface area contributed by atoms with Crippen molar-refractivity contribution in [1.82, 2.24) is 4.90 Å². The van der Waals surface area contributed by atoms with Crippen LogP contribution in [0.25, 0.3) is 10.8 Å². The highest BCUT2D eigenvalue weighted by Gasteiger charge is 2.18. The van der Waals surface area contributed by atoms with Crippen molar-refractivity contribution < 1.29 is 4.79 Å². The molecule has 0 N–H and O–H groups in total. The van der Waals surface area contributed by atoms with Crippen molar-refractivity contribution in [3.63, 3.8) is 0 Å². The molecule has 0 aliphatic carbocycles. The first-order chi connectivity index (χ1) is 8.65. The highest BCUT2D eigenvalue weighted by Crippen LogP contribution is 2.20. The van der Waals surface area contributed by atoms with E-state index in [-0.39, 0.29) is 11.9 Å². The topological polar surface area (TPSA) is 20.3 Å². The number of rotatable bonds is 3. The Bertz CT molecular complexity index is 562. The van der Waals surface area contributed by atoms with Crippen molar-refractivity contribution in [3.05, 3.63) is 48.0 Å². The number of carbonyl (C=O) groups is 1. The maximum absolute atomic E-state index is 12.5. The fourth-order valence-corrected chi connectivity index (χ4v) is 2.34. The molecular formula is C15H16BrNO. The van der Waals surface area contributed by atoms with Gasteiger partial charge in [0.15, 0.2) is 0 Å².